The quantitative estimate of drug-likeness (QED) is 0.466. The normalized spacial score (nSPS) is 11.8. The number of ether oxygens (including phenoxy) is 2. The van der Waals surface area contributed by atoms with Gasteiger partial charge in [-0.25, -0.2) is 0 Å². The van der Waals surface area contributed by atoms with Gasteiger partial charge in [-0.05, 0) is 24.3 Å². The van der Waals surface area contributed by atoms with Crippen LogP contribution >= 0.6 is 0 Å². The molecule has 1 aromatic heterocycles. The molecule has 0 saturated carbocycles. The Morgan fingerprint density at radius 1 is 1.05 bits per heavy atom. The molecule has 0 unspecified atom stereocenters. The van der Waals surface area contributed by atoms with E-state index in [1.54, 1.807) is 12.1 Å². The molecule has 2 amide bonds. The van der Waals surface area contributed by atoms with Crippen molar-refractivity contribution in [1.82, 2.24) is 10.9 Å². The summed E-state index contributed by atoms with van der Waals surface area (Å²) in [5.41, 5.74) is 4.92. The van der Waals surface area contributed by atoms with Crippen LogP contribution in [0.3, 0.4) is 0 Å². The van der Waals surface area contributed by atoms with Crippen molar-refractivity contribution in [2.75, 3.05) is 6.79 Å². The van der Waals surface area contributed by atoms with Crippen molar-refractivity contribution in [2.24, 2.45) is 0 Å². The number of carbonyl (C=O) groups excluding carboxylic acids is 2. The van der Waals surface area contributed by atoms with Gasteiger partial charge in [0.15, 0.2) is 23.9 Å². The van der Waals surface area contributed by atoms with E-state index in [4.69, 9.17) is 9.47 Å². The predicted octanol–water partition coefficient (Wildman–Crippen LogP) is 0.123. The Kier molecular flexibility index (Phi) is 3.48. The van der Waals surface area contributed by atoms with Gasteiger partial charge in [0.1, 0.15) is 5.56 Å². The van der Waals surface area contributed by atoms with Gasteiger partial charge in [-0.2, -0.15) is 4.73 Å². The zero-order chi connectivity index (χ0) is 15.5. The lowest BCUT2D eigenvalue weighted by Gasteiger charge is -2.07. The fraction of sp³-hybridized carbons (Fsp3) is 0.0714. The number of aromatic nitrogens is 1. The second-order valence-electron chi connectivity index (χ2n) is 4.43. The van der Waals surface area contributed by atoms with Crippen LogP contribution in [0.4, 0.5) is 0 Å². The molecule has 2 heterocycles. The van der Waals surface area contributed by atoms with E-state index in [1.165, 1.54) is 24.4 Å². The van der Waals surface area contributed by atoms with Crippen LogP contribution in [0, 0.1) is 5.21 Å². The minimum atomic E-state index is -0.598. The van der Waals surface area contributed by atoms with Crippen LogP contribution in [0.15, 0.2) is 42.7 Å². The van der Waals surface area contributed by atoms with E-state index < -0.39 is 11.8 Å². The number of carbonyl (C=O) groups is 2. The lowest BCUT2D eigenvalue weighted by atomic mass is 10.2. The Labute approximate surface area is 124 Å². The molecule has 3 rings (SSSR count). The number of hydrogen-bond acceptors (Lipinski definition) is 5. The monoisotopic (exact) mass is 301 g/mol. The van der Waals surface area contributed by atoms with Crippen molar-refractivity contribution in [3.63, 3.8) is 0 Å². The topological polar surface area (TPSA) is 104 Å². The van der Waals surface area contributed by atoms with E-state index >= 15 is 0 Å². The van der Waals surface area contributed by atoms with Crippen LogP contribution in [-0.2, 0) is 0 Å². The molecular formula is C14H11N3O5. The molecule has 2 aromatic rings. The van der Waals surface area contributed by atoms with Crippen LogP contribution in [0.25, 0.3) is 0 Å². The lowest BCUT2D eigenvalue weighted by Crippen LogP contribution is -2.42. The minimum absolute atomic E-state index is 0.111. The first-order valence-corrected chi connectivity index (χ1v) is 6.32. The summed E-state index contributed by atoms with van der Waals surface area (Å²) in [4.78, 5) is 23.8. The summed E-state index contributed by atoms with van der Waals surface area (Å²) in [5.74, 6) is -0.0869. The number of hydrazine groups is 1. The number of nitrogens with zero attached hydrogens (tertiary/aromatic N) is 1. The molecule has 1 aliphatic heterocycles. The second-order valence-corrected chi connectivity index (χ2v) is 4.43. The molecule has 8 heteroatoms. The Bertz CT molecular complexity index is 747. The van der Waals surface area contributed by atoms with Crippen LogP contribution in [0.5, 0.6) is 11.5 Å². The highest BCUT2D eigenvalue weighted by atomic mass is 16.7. The number of rotatable bonds is 2. The average Bonchev–Trinajstić information content (AvgIpc) is 2.99. The van der Waals surface area contributed by atoms with Crippen LogP contribution in [-0.4, -0.2) is 18.6 Å². The molecule has 0 radical (unpaired) electrons. The van der Waals surface area contributed by atoms with Crippen LogP contribution in [0.2, 0.25) is 0 Å². The molecular weight excluding hydrogens is 290 g/mol. The Morgan fingerprint density at radius 3 is 2.55 bits per heavy atom. The molecule has 1 aliphatic rings. The van der Waals surface area contributed by atoms with Crippen molar-refractivity contribution >= 4 is 11.8 Å². The summed E-state index contributed by atoms with van der Waals surface area (Å²) in [5, 5.41) is 11.1. The first kappa shape index (κ1) is 13.7. The van der Waals surface area contributed by atoms with Gasteiger partial charge < -0.3 is 14.7 Å². The Hall–Kier alpha value is -3.29. The van der Waals surface area contributed by atoms with Gasteiger partial charge in [-0.3, -0.25) is 20.4 Å². The smallest absolute Gasteiger partial charge is 0.275 e. The van der Waals surface area contributed by atoms with Gasteiger partial charge in [-0.15, -0.1) is 0 Å². The Balaban J connectivity index is 1.64. The third kappa shape index (κ3) is 2.75. The fourth-order valence-corrected chi connectivity index (χ4v) is 1.88. The maximum Gasteiger partial charge on any atom is 0.275 e. The number of pyridine rings is 1. The largest absolute Gasteiger partial charge is 0.619 e. The second kappa shape index (κ2) is 5.60. The highest BCUT2D eigenvalue weighted by Crippen LogP contribution is 2.32. The predicted molar refractivity (Wildman–Crippen MR) is 72.9 cm³/mol. The molecule has 0 saturated heterocycles. The maximum atomic E-state index is 12.0. The highest BCUT2D eigenvalue weighted by molar-refractivity contribution is 5.99. The molecule has 22 heavy (non-hydrogen) atoms. The summed E-state index contributed by atoms with van der Waals surface area (Å²) in [6, 6.07) is 7.55. The summed E-state index contributed by atoms with van der Waals surface area (Å²) in [6.07, 6.45) is 2.35. The van der Waals surface area contributed by atoms with Crippen LogP contribution < -0.4 is 25.1 Å². The zero-order valence-electron chi connectivity index (χ0n) is 11.2. The number of fused-ring (bicyclic) bond motifs is 1. The molecule has 8 nitrogen and oxygen atoms in total. The first-order valence-electron chi connectivity index (χ1n) is 6.32. The van der Waals surface area contributed by atoms with Crippen molar-refractivity contribution in [3.8, 4) is 11.5 Å². The first-order chi connectivity index (χ1) is 10.6. The van der Waals surface area contributed by atoms with Crippen molar-refractivity contribution in [2.45, 2.75) is 0 Å². The van der Waals surface area contributed by atoms with E-state index in [1.807, 2.05) is 0 Å². The van der Waals surface area contributed by atoms with Crippen molar-refractivity contribution in [3.05, 3.63) is 59.1 Å². The fourth-order valence-electron chi connectivity index (χ4n) is 1.88. The van der Waals surface area contributed by atoms with Crippen molar-refractivity contribution in [1.29, 1.82) is 0 Å². The summed E-state index contributed by atoms with van der Waals surface area (Å²) in [7, 11) is 0. The molecule has 2 N–H and O–H groups in total. The van der Waals surface area contributed by atoms with Gasteiger partial charge in [-0.1, -0.05) is 0 Å². The number of benzene rings is 1. The van der Waals surface area contributed by atoms with Gasteiger partial charge in [0, 0.05) is 11.6 Å². The number of nitrogens with one attached hydrogen (secondary N) is 2. The van der Waals surface area contributed by atoms with Crippen molar-refractivity contribution < 1.29 is 23.8 Å². The lowest BCUT2D eigenvalue weighted by molar-refractivity contribution is -0.605. The van der Waals surface area contributed by atoms with Gasteiger partial charge in [0.05, 0.1) is 0 Å². The average molecular weight is 301 g/mol. The molecule has 1 aromatic carbocycles. The third-order valence-electron chi connectivity index (χ3n) is 2.96. The molecule has 0 fully saturated rings. The van der Waals surface area contributed by atoms with E-state index in [2.05, 4.69) is 10.9 Å². The zero-order valence-corrected chi connectivity index (χ0v) is 11.2. The highest BCUT2D eigenvalue weighted by Gasteiger charge is 2.17. The van der Waals surface area contributed by atoms with Gasteiger partial charge in [0.2, 0.25) is 6.79 Å². The van der Waals surface area contributed by atoms with Gasteiger partial charge in [0.25, 0.3) is 11.8 Å². The minimum Gasteiger partial charge on any atom is -0.619 e. The Morgan fingerprint density at radius 2 is 1.77 bits per heavy atom. The third-order valence-corrected chi connectivity index (χ3v) is 2.96. The van der Waals surface area contributed by atoms with E-state index in [0.29, 0.717) is 21.8 Å². The van der Waals surface area contributed by atoms with E-state index in [-0.39, 0.29) is 12.4 Å². The molecule has 0 aliphatic carbocycles. The SMILES string of the molecule is O=C(NNC(=O)c1ccc[n+]([O-])c1)c1ccc2c(c1)OCO2. The number of hydrogen-bond donors (Lipinski definition) is 2. The molecule has 0 bridgehead atoms. The van der Waals surface area contributed by atoms with Crippen LogP contribution in [0.1, 0.15) is 20.7 Å². The molecule has 112 valence electrons. The van der Waals surface area contributed by atoms with Gasteiger partial charge >= 0.3 is 0 Å². The summed E-state index contributed by atoms with van der Waals surface area (Å²) >= 11 is 0. The van der Waals surface area contributed by atoms with E-state index in [0.717, 1.165) is 6.20 Å². The number of amides is 2. The summed E-state index contributed by atoms with van der Waals surface area (Å²) in [6.45, 7) is 0.111. The molecule has 0 spiro atoms. The summed E-state index contributed by atoms with van der Waals surface area (Å²) < 4.78 is 10.8. The standard InChI is InChI=1S/C14H11N3O5/c18-13(9-3-4-11-12(6-9)22-8-21-11)15-16-14(19)10-2-1-5-17(20)7-10/h1-7H,8H2,(H,15,18)(H,16,19). The molecule has 0 atom stereocenters. The van der Waals surface area contributed by atoms with E-state index in [9.17, 15) is 14.8 Å². The maximum absolute atomic E-state index is 12.0.